The second-order valence-electron chi connectivity index (χ2n) is 5.73. The summed E-state index contributed by atoms with van der Waals surface area (Å²) < 4.78 is 16.5. The number of carbonyl (C=O) groups excluding carboxylic acids is 1. The zero-order chi connectivity index (χ0) is 17.2. The average molecular weight is 339 g/mol. The molecule has 3 aromatic rings. The van der Waals surface area contributed by atoms with Gasteiger partial charge in [-0.15, -0.1) is 0 Å². The van der Waals surface area contributed by atoms with Gasteiger partial charge >= 0.3 is 0 Å². The Hall–Kier alpha value is -3.22. The Morgan fingerprint density at radius 1 is 1.24 bits per heavy atom. The molecule has 25 heavy (non-hydrogen) atoms. The molecule has 0 radical (unpaired) electrons. The van der Waals surface area contributed by atoms with Crippen molar-refractivity contribution < 1.29 is 18.7 Å². The Morgan fingerprint density at radius 2 is 2.08 bits per heavy atom. The average Bonchev–Trinajstić information content (AvgIpc) is 3.33. The van der Waals surface area contributed by atoms with Gasteiger partial charge in [-0.2, -0.15) is 5.10 Å². The van der Waals surface area contributed by atoms with Gasteiger partial charge in [0.1, 0.15) is 19.0 Å². The van der Waals surface area contributed by atoms with E-state index in [1.807, 2.05) is 31.2 Å². The lowest BCUT2D eigenvalue weighted by Gasteiger charge is -2.19. The maximum atomic E-state index is 12.6. The quantitative estimate of drug-likeness (QED) is 0.763. The molecule has 1 atom stereocenters. The molecule has 1 aliphatic rings. The predicted molar refractivity (Wildman–Crippen MR) is 89.6 cm³/mol. The molecule has 0 spiro atoms. The SMILES string of the molecule is C[C@@H](NC(=O)c1cn[nH]c1-c1ccc2c(c1)OCCO2)c1ccco1. The number of benzene rings is 1. The highest BCUT2D eigenvalue weighted by atomic mass is 16.6. The van der Waals surface area contributed by atoms with Crippen LogP contribution in [-0.2, 0) is 0 Å². The molecule has 0 saturated carbocycles. The number of carbonyl (C=O) groups is 1. The molecule has 2 aromatic heterocycles. The first-order chi connectivity index (χ1) is 12.2. The number of fused-ring (bicyclic) bond motifs is 1. The summed E-state index contributed by atoms with van der Waals surface area (Å²) in [4.78, 5) is 12.6. The van der Waals surface area contributed by atoms with Gasteiger partial charge in [-0.1, -0.05) is 0 Å². The number of hydrogen-bond acceptors (Lipinski definition) is 5. The number of amides is 1. The van der Waals surface area contributed by atoms with Crippen LogP contribution in [0.5, 0.6) is 11.5 Å². The fourth-order valence-electron chi connectivity index (χ4n) is 2.76. The van der Waals surface area contributed by atoms with E-state index in [9.17, 15) is 4.79 Å². The normalized spacial score (nSPS) is 14.1. The van der Waals surface area contributed by atoms with E-state index in [-0.39, 0.29) is 11.9 Å². The van der Waals surface area contributed by atoms with Crippen LogP contribution in [0.15, 0.2) is 47.2 Å². The number of rotatable bonds is 4. The van der Waals surface area contributed by atoms with Crippen molar-refractivity contribution in [2.24, 2.45) is 0 Å². The van der Waals surface area contributed by atoms with Gasteiger partial charge < -0.3 is 19.2 Å². The summed E-state index contributed by atoms with van der Waals surface area (Å²) in [5.41, 5.74) is 1.88. The van der Waals surface area contributed by atoms with Crippen molar-refractivity contribution in [3.8, 4) is 22.8 Å². The van der Waals surface area contributed by atoms with E-state index in [0.29, 0.717) is 41.7 Å². The number of nitrogens with zero attached hydrogens (tertiary/aromatic N) is 1. The molecular weight excluding hydrogens is 322 g/mol. The fourth-order valence-corrected chi connectivity index (χ4v) is 2.76. The third kappa shape index (κ3) is 2.96. The van der Waals surface area contributed by atoms with Crippen LogP contribution in [0.4, 0.5) is 0 Å². The van der Waals surface area contributed by atoms with Crippen molar-refractivity contribution in [1.29, 1.82) is 0 Å². The van der Waals surface area contributed by atoms with Crippen molar-refractivity contribution in [1.82, 2.24) is 15.5 Å². The summed E-state index contributed by atoms with van der Waals surface area (Å²) in [5.74, 6) is 1.82. The third-order valence-electron chi connectivity index (χ3n) is 4.03. The highest BCUT2D eigenvalue weighted by Gasteiger charge is 2.20. The lowest BCUT2D eigenvalue weighted by molar-refractivity contribution is 0.0936. The summed E-state index contributed by atoms with van der Waals surface area (Å²) in [6.07, 6.45) is 3.09. The zero-order valence-electron chi connectivity index (χ0n) is 13.6. The molecule has 0 saturated heterocycles. The van der Waals surface area contributed by atoms with E-state index in [4.69, 9.17) is 13.9 Å². The summed E-state index contributed by atoms with van der Waals surface area (Å²) in [7, 11) is 0. The molecule has 1 aliphatic heterocycles. The molecule has 1 amide bonds. The predicted octanol–water partition coefficient (Wildman–Crippen LogP) is 2.93. The van der Waals surface area contributed by atoms with Gasteiger partial charge in [0.25, 0.3) is 5.91 Å². The number of ether oxygens (including phenoxy) is 2. The number of H-pyrrole nitrogens is 1. The Labute approximate surface area is 143 Å². The number of aromatic nitrogens is 2. The van der Waals surface area contributed by atoms with Gasteiger partial charge in [0.15, 0.2) is 11.5 Å². The second kappa shape index (κ2) is 6.35. The molecule has 7 heteroatoms. The minimum absolute atomic E-state index is 0.234. The van der Waals surface area contributed by atoms with E-state index in [1.165, 1.54) is 6.20 Å². The highest BCUT2D eigenvalue weighted by Crippen LogP contribution is 2.34. The molecular formula is C18H17N3O4. The van der Waals surface area contributed by atoms with Crippen molar-refractivity contribution in [3.05, 3.63) is 54.1 Å². The minimum Gasteiger partial charge on any atom is -0.486 e. The van der Waals surface area contributed by atoms with Crippen molar-refractivity contribution >= 4 is 5.91 Å². The molecule has 0 bridgehead atoms. The van der Waals surface area contributed by atoms with Gasteiger partial charge in [0, 0.05) is 5.56 Å². The van der Waals surface area contributed by atoms with Crippen LogP contribution < -0.4 is 14.8 Å². The molecule has 0 aliphatic carbocycles. The van der Waals surface area contributed by atoms with Crippen molar-refractivity contribution in [2.45, 2.75) is 13.0 Å². The maximum absolute atomic E-state index is 12.6. The van der Waals surface area contributed by atoms with Crippen LogP contribution in [0.3, 0.4) is 0 Å². The van der Waals surface area contributed by atoms with Crippen molar-refractivity contribution in [2.75, 3.05) is 13.2 Å². The van der Waals surface area contributed by atoms with E-state index in [2.05, 4.69) is 15.5 Å². The molecule has 2 N–H and O–H groups in total. The zero-order valence-corrected chi connectivity index (χ0v) is 13.6. The smallest absolute Gasteiger partial charge is 0.255 e. The van der Waals surface area contributed by atoms with E-state index >= 15 is 0 Å². The Morgan fingerprint density at radius 3 is 2.88 bits per heavy atom. The lowest BCUT2D eigenvalue weighted by Crippen LogP contribution is -2.26. The largest absolute Gasteiger partial charge is 0.486 e. The van der Waals surface area contributed by atoms with Crippen LogP contribution in [0.2, 0.25) is 0 Å². The van der Waals surface area contributed by atoms with Crippen LogP contribution in [0, 0.1) is 0 Å². The van der Waals surface area contributed by atoms with Crippen LogP contribution in [0.1, 0.15) is 29.1 Å². The molecule has 0 fully saturated rings. The highest BCUT2D eigenvalue weighted by molar-refractivity contribution is 6.00. The third-order valence-corrected chi connectivity index (χ3v) is 4.03. The van der Waals surface area contributed by atoms with E-state index < -0.39 is 0 Å². The van der Waals surface area contributed by atoms with Gasteiger partial charge in [-0.25, -0.2) is 0 Å². The summed E-state index contributed by atoms with van der Waals surface area (Å²) in [6.45, 7) is 2.91. The number of aromatic amines is 1. The van der Waals surface area contributed by atoms with Crippen LogP contribution in [0.25, 0.3) is 11.3 Å². The first-order valence-corrected chi connectivity index (χ1v) is 8.00. The monoisotopic (exact) mass is 339 g/mol. The standard InChI is InChI=1S/C18H17N3O4/c1-11(14-3-2-6-23-14)20-18(22)13-10-19-21-17(13)12-4-5-15-16(9-12)25-8-7-24-15/h2-6,9-11H,7-8H2,1H3,(H,19,21)(H,20,22)/t11-/m1/s1. The molecule has 3 heterocycles. The summed E-state index contributed by atoms with van der Waals surface area (Å²) in [6, 6.07) is 8.91. The summed E-state index contributed by atoms with van der Waals surface area (Å²) in [5, 5.41) is 9.82. The first kappa shape index (κ1) is 15.3. The minimum atomic E-state index is -0.245. The van der Waals surface area contributed by atoms with E-state index in [0.717, 1.165) is 5.56 Å². The Kier molecular flexibility index (Phi) is 3.89. The molecule has 0 unspecified atom stereocenters. The van der Waals surface area contributed by atoms with Crippen molar-refractivity contribution in [3.63, 3.8) is 0 Å². The molecule has 4 rings (SSSR count). The molecule has 128 valence electrons. The lowest BCUT2D eigenvalue weighted by atomic mass is 10.1. The van der Waals surface area contributed by atoms with Gasteiger partial charge in [0.2, 0.25) is 0 Å². The first-order valence-electron chi connectivity index (χ1n) is 8.00. The van der Waals surface area contributed by atoms with Gasteiger partial charge in [0.05, 0.1) is 29.8 Å². The van der Waals surface area contributed by atoms with Gasteiger partial charge in [-0.05, 0) is 37.3 Å². The van der Waals surface area contributed by atoms with Crippen LogP contribution in [-0.4, -0.2) is 29.3 Å². The second-order valence-corrected chi connectivity index (χ2v) is 5.73. The number of furan rings is 1. The maximum Gasteiger partial charge on any atom is 0.255 e. The van der Waals surface area contributed by atoms with E-state index in [1.54, 1.807) is 12.3 Å². The summed E-state index contributed by atoms with van der Waals surface area (Å²) >= 11 is 0. The Balaban J connectivity index is 1.59. The van der Waals surface area contributed by atoms with Gasteiger partial charge in [-0.3, -0.25) is 9.89 Å². The van der Waals surface area contributed by atoms with Crippen LogP contribution >= 0.6 is 0 Å². The molecule has 7 nitrogen and oxygen atoms in total. The molecule has 1 aromatic carbocycles. The number of hydrogen-bond donors (Lipinski definition) is 2. The fraction of sp³-hybridized carbons (Fsp3) is 0.222. The number of nitrogens with one attached hydrogen (secondary N) is 2. The topological polar surface area (TPSA) is 89.4 Å². The Bertz CT molecular complexity index is 886.